The van der Waals surface area contributed by atoms with Crippen molar-refractivity contribution in [1.82, 2.24) is 0 Å². The van der Waals surface area contributed by atoms with E-state index >= 15 is 0 Å². The normalized spacial score (nSPS) is 49.9. The summed E-state index contributed by atoms with van der Waals surface area (Å²) in [7, 11) is 0. The van der Waals surface area contributed by atoms with E-state index in [0.29, 0.717) is 30.1 Å². The third kappa shape index (κ3) is 3.52. The highest BCUT2D eigenvalue weighted by molar-refractivity contribution is 5.12. The van der Waals surface area contributed by atoms with Gasteiger partial charge in [-0.05, 0) is 111 Å². The fraction of sp³-hybridized carbons (Fsp3) is 0.923. The molecule has 4 aliphatic rings. The first-order valence-electron chi connectivity index (χ1n) is 12.5. The molecule has 0 saturated heterocycles. The van der Waals surface area contributed by atoms with Gasteiger partial charge < -0.3 is 10.2 Å². The zero-order valence-electron chi connectivity index (χ0n) is 19.6. The van der Waals surface area contributed by atoms with Gasteiger partial charge in [-0.1, -0.05) is 32.9 Å². The molecule has 0 radical (unpaired) electrons. The molecule has 0 unspecified atom stereocenters. The summed E-state index contributed by atoms with van der Waals surface area (Å²) in [5, 5.41) is 21.0. The Balaban J connectivity index is 1.54. The molecule has 0 aromatic heterocycles. The maximum Gasteiger partial charge on any atom is 0.417 e. The van der Waals surface area contributed by atoms with Gasteiger partial charge >= 0.3 is 6.18 Å². The van der Waals surface area contributed by atoms with Gasteiger partial charge in [0, 0.05) is 0 Å². The van der Waals surface area contributed by atoms with Gasteiger partial charge in [-0.2, -0.15) is 13.2 Å². The van der Waals surface area contributed by atoms with E-state index in [4.69, 9.17) is 0 Å². The maximum atomic E-state index is 13.5. The molecule has 0 aromatic carbocycles. The molecule has 10 atom stereocenters. The van der Waals surface area contributed by atoms with Crippen molar-refractivity contribution in [1.29, 1.82) is 0 Å². The van der Waals surface area contributed by atoms with Gasteiger partial charge in [0.15, 0.2) is 5.60 Å². The molecule has 0 spiro atoms. The van der Waals surface area contributed by atoms with Crippen LogP contribution in [0.2, 0.25) is 0 Å². The summed E-state index contributed by atoms with van der Waals surface area (Å²) in [6.45, 7) is 8.80. The van der Waals surface area contributed by atoms with Crippen molar-refractivity contribution in [2.45, 2.75) is 103 Å². The molecular weight excluding hydrogens is 401 g/mol. The first kappa shape index (κ1) is 23.6. The summed E-state index contributed by atoms with van der Waals surface area (Å²) in [5.74, 6) is 2.34. The van der Waals surface area contributed by atoms with Crippen molar-refractivity contribution in [3.63, 3.8) is 0 Å². The second-order valence-electron chi connectivity index (χ2n) is 12.0. The molecule has 0 amide bonds. The van der Waals surface area contributed by atoms with Crippen molar-refractivity contribution in [3.8, 4) is 0 Å². The van der Waals surface area contributed by atoms with Crippen molar-refractivity contribution in [2.75, 3.05) is 0 Å². The highest BCUT2D eigenvalue weighted by Crippen LogP contribution is 2.69. The predicted octanol–water partition coefficient (Wildman–Crippen LogP) is 6.51. The van der Waals surface area contributed by atoms with Gasteiger partial charge in [-0.15, -0.1) is 0 Å². The number of aliphatic hydroxyl groups is 2. The Morgan fingerprint density at radius 3 is 2.26 bits per heavy atom. The summed E-state index contributed by atoms with van der Waals surface area (Å²) in [6, 6.07) is 0. The molecule has 31 heavy (non-hydrogen) atoms. The minimum Gasteiger partial charge on any atom is -0.389 e. The summed E-state index contributed by atoms with van der Waals surface area (Å²) in [4.78, 5) is 0. The highest BCUT2D eigenvalue weighted by atomic mass is 19.4. The second-order valence-corrected chi connectivity index (χ2v) is 12.0. The van der Waals surface area contributed by atoms with E-state index in [-0.39, 0.29) is 35.5 Å². The third-order valence-electron chi connectivity index (χ3n) is 10.9. The zero-order chi connectivity index (χ0) is 22.8. The van der Waals surface area contributed by atoms with E-state index in [0.717, 1.165) is 32.1 Å². The molecule has 0 bridgehead atoms. The van der Waals surface area contributed by atoms with Crippen LogP contribution in [0.5, 0.6) is 0 Å². The van der Waals surface area contributed by atoms with Gasteiger partial charge in [0.1, 0.15) is 0 Å². The molecular formula is C26H41F3O2. The molecule has 2 N–H and O–H groups in total. The Morgan fingerprint density at radius 1 is 0.935 bits per heavy atom. The molecule has 0 aromatic rings. The minimum atomic E-state index is -4.53. The average molecular weight is 443 g/mol. The van der Waals surface area contributed by atoms with E-state index in [9.17, 15) is 23.4 Å². The molecule has 5 heteroatoms. The highest BCUT2D eigenvalue weighted by Gasteiger charge is 2.65. The molecule has 2 nitrogen and oxygen atoms in total. The fourth-order valence-corrected chi connectivity index (χ4v) is 9.02. The quantitative estimate of drug-likeness (QED) is 0.489. The summed E-state index contributed by atoms with van der Waals surface area (Å²) in [6.07, 6.45) is 5.45. The van der Waals surface area contributed by atoms with E-state index in [1.807, 2.05) is 19.1 Å². The van der Waals surface area contributed by atoms with E-state index < -0.39 is 17.9 Å². The fourth-order valence-electron chi connectivity index (χ4n) is 9.02. The smallest absolute Gasteiger partial charge is 0.389 e. The number of fused-ring (bicyclic) bond motifs is 5. The van der Waals surface area contributed by atoms with Crippen LogP contribution in [0.1, 0.15) is 85.5 Å². The van der Waals surface area contributed by atoms with Crippen LogP contribution in [0.15, 0.2) is 12.2 Å². The lowest BCUT2D eigenvalue weighted by Gasteiger charge is -2.62. The summed E-state index contributed by atoms with van der Waals surface area (Å²) in [5.41, 5.74) is -2.37. The standard InChI is InChI=1S/C26H41F3O2/c1-5-6-22(30)16(2)19-9-10-20-18-8-7-17-15-25(31,26(27,28)29)14-13-23(17,3)21(18)11-12-24(19,20)4/h5-6,16-22,30-31H,7-15H2,1-4H3/b6-5+/t16-,17+,18-,19+,20-,21-,22+,23-,24+,25+/m0/s1. The SMILES string of the molecule is C/C=C/[C@@H](O)[C@@H](C)[C@H]1CC[C@H]2[C@@H]3CC[C@@H]4C[C@@](O)(C(F)(F)F)CC[C@]4(C)[C@H]3CC[C@]12C. The minimum absolute atomic E-state index is 0.0360. The largest absolute Gasteiger partial charge is 0.417 e. The summed E-state index contributed by atoms with van der Waals surface area (Å²) >= 11 is 0. The van der Waals surface area contributed by atoms with Crippen molar-refractivity contribution in [2.24, 2.45) is 46.3 Å². The van der Waals surface area contributed by atoms with Gasteiger partial charge in [-0.25, -0.2) is 0 Å². The topological polar surface area (TPSA) is 40.5 Å². The van der Waals surface area contributed by atoms with E-state index in [2.05, 4.69) is 20.8 Å². The van der Waals surface area contributed by atoms with Gasteiger partial charge in [-0.3, -0.25) is 0 Å². The lowest BCUT2D eigenvalue weighted by Crippen LogP contribution is -2.59. The van der Waals surface area contributed by atoms with Crippen LogP contribution < -0.4 is 0 Å². The average Bonchev–Trinajstić information content (AvgIpc) is 3.04. The maximum absolute atomic E-state index is 13.5. The lowest BCUT2D eigenvalue weighted by atomic mass is 9.43. The Bertz CT molecular complexity index is 705. The first-order chi connectivity index (χ1) is 14.4. The Kier molecular flexibility index (Phi) is 5.90. The van der Waals surface area contributed by atoms with Gasteiger partial charge in [0.2, 0.25) is 0 Å². The number of halogens is 3. The monoisotopic (exact) mass is 442 g/mol. The second kappa shape index (κ2) is 7.75. The predicted molar refractivity (Wildman–Crippen MR) is 116 cm³/mol. The zero-order valence-corrected chi connectivity index (χ0v) is 19.6. The molecule has 4 saturated carbocycles. The van der Waals surface area contributed by atoms with Crippen LogP contribution in [0.4, 0.5) is 13.2 Å². The van der Waals surface area contributed by atoms with E-state index in [1.54, 1.807) is 0 Å². The van der Waals surface area contributed by atoms with Crippen molar-refractivity contribution < 1.29 is 23.4 Å². The molecule has 4 aliphatic carbocycles. The van der Waals surface area contributed by atoms with Crippen LogP contribution in [-0.2, 0) is 0 Å². The van der Waals surface area contributed by atoms with E-state index in [1.165, 1.54) is 6.42 Å². The lowest BCUT2D eigenvalue weighted by molar-refractivity contribution is -0.290. The molecule has 4 rings (SSSR count). The number of hydrogen-bond acceptors (Lipinski definition) is 2. The number of aliphatic hydroxyl groups excluding tert-OH is 1. The molecule has 0 heterocycles. The van der Waals surface area contributed by atoms with Crippen molar-refractivity contribution in [3.05, 3.63) is 12.2 Å². The molecule has 178 valence electrons. The third-order valence-corrected chi connectivity index (χ3v) is 10.9. The van der Waals surface area contributed by atoms with Crippen LogP contribution in [0.3, 0.4) is 0 Å². The van der Waals surface area contributed by atoms with Crippen molar-refractivity contribution >= 4 is 0 Å². The number of alkyl halides is 3. The van der Waals surface area contributed by atoms with Crippen LogP contribution in [0.25, 0.3) is 0 Å². The Labute approximate surface area is 185 Å². The Morgan fingerprint density at radius 2 is 1.61 bits per heavy atom. The number of allylic oxidation sites excluding steroid dienone is 1. The van der Waals surface area contributed by atoms with Crippen LogP contribution >= 0.6 is 0 Å². The van der Waals surface area contributed by atoms with Gasteiger partial charge in [0.25, 0.3) is 0 Å². The first-order valence-corrected chi connectivity index (χ1v) is 12.5. The molecule has 0 aliphatic heterocycles. The number of rotatable bonds is 3. The summed E-state index contributed by atoms with van der Waals surface area (Å²) < 4.78 is 40.6. The molecule has 4 fully saturated rings. The van der Waals surface area contributed by atoms with Crippen LogP contribution in [-0.4, -0.2) is 28.1 Å². The Hall–Kier alpha value is -0.550. The number of hydrogen-bond donors (Lipinski definition) is 2. The van der Waals surface area contributed by atoms with Crippen LogP contribution in [0, 0.1) is 46.3 Å². The van der Waals surface area contributed by atoms with Gasteiger partial charge in [0.05, 0.1) is 6.10 Å².